The van der Waals surface area contributed by atoms with Crippen LogP contribution >= 0.6 is 0 Å². The fourth-order valence-electron chi connectivity index (χ4n) is 2.50. The lowest BCUT2D eigenvalue weighted by molar-refractivity contribution is -0.143. The molecule has 18 heavy (non-hydrogen) atoms. The first-order valence-corrected chi connectivity index (χ1v) is 6.03. The zero-order valence-electron chi connectivity index (χ0n) is 10.9. The van der Waals surface area contributed by atoms with Crippen LogP contribution in [0.3, 0.4) is 0 Å². The molecule has 0 amide bonds. The Labute approximate surface area is 107 Å². The van der Waals surface area contributed by atoms with Crippen molar-refractivity contribution in [1.29, 1.82) is 0 Å². The fraction of sp³-hybridized carbons (Fsp3) is 0.400. The Morgan fingerprint density at radius 3 is 2.50 bits per heavy atom. The molecule has 0 heterocycles. The lowest BCUT2D eigenvalue weighted by Gasteiger charge is -2.10. The van der Waals surface area contributed by atoms with Crippen LogP contribution < -0.4 is 0 Å². The van der Waals surface area contributed by atoms with Gasteiger partial charge in [-0.3, -0.25) is 4.79 Å². The lowest BCUT2D eigenvalue weighted by Crippen LogP contribution is -2.18. The second-order valence-corrected chi connectivity index (χ2v) is 4.59. The minimum atomic E-state index is -0.511. The Hall–Kier alpha value is -1.61. The first-order valence-electron chi connectivity index (χ1n) is 6.03. The maximum atomic E-state index is 11.6. The molecular weight excluding hydrogens is 228 g/mol. The maximum absolute atomic E-state index is 11.6. The van der Waals surface area contributed by atoms with E-state index in [2.05, 4.69) is 0 Å². The average molecular weight is 246 g/mol. The van der Waals surface area contributed by atoms with Crippen LogP contribution in [0.5, 0.6) is 0 Å². The van der Waals surface area contributed by atoms with Gasteiger partial charge >= 0.3 is 5.97 Å². The van der Waals surface area contributed by atoms with Gasteiger partial charge in [0, 0.05) is 13.0 Å². The van der Waals surface area contributed by atoms with Crippen molar-refractivity contribution in [3.8, 4) is 0 Å². The summed E-state index contributed by atoms with van der Waals surface area (Å²) in [6.45, 7) is 2.00. The predicted molar refractivity (Wildman–Crippen MR) is 69.9 cm³/mol. The van der Waals surface area contributed by atoms with Crippen LogP contribution in [0.4, 0.5) is 0 Å². The van der Waals surface area contributed by atoms with Crippen LogP contribution in [0, 0.1) is 11.8 Å². The van der Waals surface area contributed by atoms with Gasteiger partial charge < -0.3 is 9.47 Å². The quantitative estimate of drug-likeness (QED) is 0.766. The maximum Gasteiger partial charge on any atom is 0.312 e. The van der Waals surface area contributed by atoms with Crippen molar-refractivity contribution in [2.75, 3.05) is 14.2 Å². The summed E-state index contributed by atoms with van der Waals surface area (Å²) in [5, 5.41) is 0. The van der Waals surface area contributed by atoms with Gasteiger partial charge in [0.05, 0.1) is 13.0 Å². The highest BCUT2D eigenvalue weighted by Crippen LogP contribution is 2.54. The Kier molecular flexibility index (Phi) is 3.53. The SMILES string of the molecule is COC(=O)[C@@H]1[C@@H](C)[C@@]1(/C=C/c1ccccc1)OC. The lowest BCUT2D eigenvalue weighted by atomic mass is 10.1. The summed E-state index contributed by atoms with van der Waals surface area (Å²) < 4.78 is 10.3. The molecule has 1 aliphatic rings. The number of ether oxygens (including phenoxy) is 2. The summed E-state index contributed by atoms with van der Waals surface area (Å²) >= 11 is 0. The van der Waals surface area contributed by atoms with Crippen LogP contribution in [0.2, 0.25) is 0 Å². The number of esters is 1. The number of methoxy groups -OCH3 is 2. The molecule has 1 aromatic rings. The smallest absolute Gasteiger partial charge is 0.312 e. The molecule has 1 fully saturated rings. The van der Waals surface area contributed by atoms with E-state index in [1.54, 1.807) is 7.11 Å². The normalized spacial score (nSPS) is 30.4. The molecule has 0 unspecified atom stereocenters. The zero-order valence-corrected chi connectivity index (χ0v) is 10.9. The number of carbonyl (C=O) groups is 1. The van der Waals surface area contributed by atoms with Crippen LogP contribution in [0.25, 0.3) is 6.08 Å². The second-order valence-electron chi connectivity index (χ2n) is 4.59. The van der Waals surface area contributed by atoms with Crippen LogP contribution in [-0.4, -0.2) is 25.8 Å². The van der Waals surface area contributed by atoms with Crippen LogP contribution in [0.1, 0.15) is 12.5 Å². The molecule has 96 valence electrons. The molecule has 0 aliphatic heterocycles. The molecule has 0 bridgehead atoms. The van der Waals surface area contributed by atoms with E-state index in [0.717, 1.165) is 5.56 Å². The molecule has 1 aromatic carbocycles. The van der Waals surface area contributed by atoms with Crippen LogP contribution in [0.15, 0.2) is 36.4 Å². The molecule has 2 rings (SSSR count). The summed E-state index contributed by atoms with van der Waals surface area (Å²) in [4.78, 5) is 11.6. The van der Waals surface area contributed by atoms with E-state index < -0.39 is 5.60 Å². The second kappa shape index (κ2) is 4.94. The van der Waals surface area contributed by atoms with E-state index in [1.807, 2.05) is 49.4 Å². The summed E-state index contributed by atoms with van der Waals surface area (Å²) in [5.74, 6) is -0.260. The van der Waals surface area contributed by atoms with Crippen molar-refractivity contribution in [2.45, 2.75) is 12.5 Å². The van der Waals surface area contributed by atoms with Gasteiger partial charge in [0.25, 0.3) is 0 Å². The van der Waals surface area contributed by atoms with Crippen molar-refractivity contribution >= 4 is 12.0 Å². The third kappa shape index (κ3) is 2.06. The van der Waals surface area contributed by atoms with E-state index in [4.69, 9.17) is 9.47 Å². The highest BCUT2D eigenvalue weighted by atomic mass is 16.5. The van der Waals surface area contributed by atoms with Crippen molar-refractivity contribution < 1.29 is 14.3 Å². The molecule has 3 heteroatoms. The fourth-order valence-corrected chi connectivity index (χ4v) is 2.50. The Bertz CT molecular complexity index is 452. The van der Waals surface area contributed by atoms with E-state index >= 15 is 0 Å². The van der Waals surface area contributed by atoms with Crippen molar-refractivity contribution in [2.24, 2.45) is 11.8 Å². The number of rotatable bonds is 4. The molecule has 0 radical (unpaired) electrons. The van der Waals surface area contributed by atoms with E-state index in [1.165, 1.54) is 7.11 Å². The molecule has 3 atom stereocenters. The van der Waals surface area contributed by atoms with Gasteiger partial charge in [0.2, 0.25) is 0 Å². The highest BCUT2D eigenvalue weighted by Gasteiger charge is 2.66. The van der Waals surface area contributed by atoms with Gasteiger partial charge in [0.15, 0.2) is 0 Å². The van der Waals surface area contributed by atoms with Gasteiger partial charge in [-0.05, 0) is 5.56 Å². The van der Waals surface area contributed by atoms with E-state index in [-0.39, 0.29) is 17.8 Å². The number of carbonyl (C=O) groups excluding carboxylic acids is 1. The molecule has 3 nitrogen and oxygen atoms in total. The van der Waals surface area contributed by atoms with Crippen molar-refractivity contribution in [1.82, 2.24) is 0 Å². The average Bonchev–Trinajstić information content (AvgIpc) is 3.02. The standard InChI is InChI=1S/C15H18O3/c1-11-13(14(16)17-2)15(11,18-3)10-9-12-7-5-4-6-8-12/h4-11,13H,1-3H3/b10-9+/t11-,13+,15-/m1/s1. The minimum absolute atomic E-state index is 0.148. The molecule has 1 aliphatic carbocycles. The Morgan fingerprint density at radius 2 is 1.94 bits per heavy atom. The predicted octanol–water partition coefficient (Wildman–Crippen LogP) is 2.52. The number of hydrogen-bond acceptors (Lipinski definition) is 3. The first kappa shape index (κ1) is 12.8. The molecular formula is C15H18O3. The largest absolute Gasteiger partial charge is 0.469 e. The first-order chi connectivity index (χ1) is 8.65. The number of hydrogen-bond donors (Lipinski definition) is 0. The molecule has 1 saturated carbocycles. The van der Waals surface area contributed by atoms with Gasteiger partial charge in [0.1, 0.15) is 5.60 Å². The zero-order chi connectivity index (χ0) is 13.2. The third-order valence-electron chi connectivity index (χ3n) is 3.73. The van der Waals surface area contributed by atoms with Gasteiger partial charge in [-0.15, -0.1) is 0 Å². The van der Waals surface area contributed by atoms with E-state index in [9.17, 15) is 4.79 Å². The monoisotopic (exact) mass is 246 g/mol. The summed E-state index contributed by atoms with van der Waals surface area (Å²) in [5.41, 5.74) is 0.583. The Morgan fingerprint density at radius 1 is 1.28 bits per heavy atom. The minimum Gasteiger partial charge on any atom is -0.469 e. The molecule has 0 saturated heterocycles. The highest BCUT2D eigenvalue weighted by molar-refractivity contribution is 5.80. The van der Waals surface area contributed by atoms with E-state index in [0.29, 0.717) is 0 Å². The summed E-state index contributed by atoms with van der Waals surface area (Å²) in [7, 11) is 3.05. The molecule has 0 aromatic heterocycles. The van der Waals surface area contributed by atoms with Crippen molar-refractivity contribution in [3.05, 3.63) is 42.0 Å². The topological polar surface area (TPSA) is 35.5 Å². The van der Waals surface area contributed by atoms with Crippen molar-refractivity contribution in [3.63, 3.8) is 0 Å². The summed E-state index contributed by atoms with van der Waals surface area (Å²) in [6.07, 6.45) is 3.96. The number of benzene rings is 1. The van der Waals surface area contributed by atoms with Crippen LogP contribution in [-0.2, 0) is 14.3 Å². The molecule has 0 spiro atoms. The Balaban J connectivity index is 2.16. The van der Waals surface area contributed by atoms with Gasteiger partial charge in [-0.25, -0.2) is 0 Å². The third-order valence-corrected chi connectivity index (χ3v) is 3.73. The van der Waals surface area contributed by atoms with Gasteiger partial charge in [-0.1, -0.05) is 49.4 Å². The molecule has 0 N–H and O–H groups in total. The van der Waals surface area contributed by atoms with Gasteiger partial charge in [-0.2, -0.15) is 0 Å². The summed E-state index contributed by atoms with van der Waals surface area (Å²) in [6, 6.07) is 9.96.